The number of Topliss-reactive ketones (excluding diaryl/α,β-unsaturated/α-hetero) is 1. The first-order valence-corrected chi connectivity index (χ1v) is 9.99. The van der Waals surface area contributed by atoms with Crippen molar-refractivity contribution in [2.24, 2.45) is 0 Å². The normalized spacial score (nSPS) is 17.6. The van der Waals surface area contributed by atoms with Crippen LogP contribution in [0.25, 0.3) is 5.76 Å². The molecule has 32 heavy (non-hydrogen) atoms. The quantitative estimate of drug-likeness (QED) is 0.372. The number of hydrogen-bond acceptors (Lipinski definition) is 5. The van der Waals surface area contributed by atoms with Gasteiger partial charge in [-0.05, 0) is 54.4 Å². The number of aryl methyl sites for hydroxylation is 1. The molecule has 7 heteroatoms. The standard InChI is InChI=1S/C25H21FN2O4/c1-15-13-17(7-8-19(15)26)23(29)21-22(16-9-11-27-12-10-16)28(25(31)24(21)30)14-18-5-3-4-6-20(18)32-2/h3-13,22,29H,14H2,1-2H3/b23-21-. The fourth-order valence-electron chi connectivity index (χ4n) is 3.90. The number of aromatic nitrogens is 1. The average molecular weight is 432 g/mol. The minimum absolute atomic E-state index is 0.0536. The summed E-state index contributed by atoms with van der Waals surface area (Å²) >= 11 is 0. The third-order valence-corrected chi connectivity index (χ3v) is 5.53. The van der Waals surface area contributed by atoms with Crippen molar-refractivity contribution in [1.29, 1.82) is 0 Å². The Morgan fingerprint density at radius 1 is 1.12 bits per heavy atom. The van der Waals surface area contributed by atoms with Crippen LogP contribution < -0.4 is 4.74 Å². The molecule has 0 aliphatic carbocycles. The van der Waals surface area contributed by atoms with Gasteiger partial charge in [-0.25, -0.2) is 4.39 Å². The van der Waals surface area contributed by atoms with E-state index in [9.17, 15) is 19.1 Å². The van der Waals surface area contributed by atoms with Crippen LogP contribution in [0.4, 0.5) is 4.39 Å². The highest BCUT2D eigenvalue weighted by Crippen LogP contribution is 2.40. The summed E-state index contributed by atoms with van der Waals surface area (Å²) in [5.41, 5.74) is 1.86. The Bertz CT molecular complexity index is 1220. The van der Waals surface area contributed by atoms with Crippen LogP contribution in [-0.2, 0) is 16.1 Å². The van der Waals surface area contributed by atoms with E-state index in [1.165, 1.54) is 30.2 Å². The summed E-state index contributed by atoms with van der Waals surface area (Å²) in [7, 11) is 1.53. The largest absolute Gasteiger partial charge is 0.507 e. The van der Waals surface area contributed by atoms with E-state index in [1.54, 1.807) is 37.5 Å². The van der Waals surface area contributed by atoms with E-state index >= 15 is 0 Å². The molecule has 1 N–H and O–H groups in total. The predicted molar refractivity (Wildman–Crippen MR) is 116 cm³/mol. The van der Waals surface area contributed by atoms with Gasteiger partial charge in [-0.2, -0.15) is 0 Å². The van der Waals surface area contributed by atoms with Gasteiger partial charge in [0.1, 0.15) is 17.3 Å². The van der Waals surface area contributed by atoms with Crippen molar-refractivity contribution in [3.63, 3.8) is 0 Å². The first-order chi connectivity index (χ1) is 15.4. The Hall–Kier alpha value is -4.00. The number of aliphatic hydroxyl groups excluding tert-OH is 1. The summed E-state index contributed by atoms with van der Waals surface area (Å²) < 4.78 is 19.1. The summed E-state index contributed by atoms with van der Waals surface area (Å²) in [6.07, 6.45) is 3.11. The maximum atomic E-state index is 13.7. The number of para-hydroxylation sites is 1. The fraction of sp³-hybridized carbons (Fsp3) is 0.160. The van der Waals surface area contributed by atoms with Crippen molar-refractivity contribution < 1.29 is 23.8 Å². The van der Waals surface area contributed by atoms with Crippen molar-refractivity contribution in [3.05, 3.63) is 101 Å². The van der Waals surface area contributed by atoms with E-state index in [0.29, 0.717) is 22.4 Å². The number of carbonyl (C=O) groups excluding carboxylic acids is 2. The first-order valence-electron chi connectivity index (χ1n) is 9.99. The maximum Gasteiger partial charge on any atom is 0.295 e. The molecule has 4 rings (SSSR count). The van der Waals surface area contributed by atoms with Gasteiger partial charge in [0.05, 0.1) is 25.3 Å². The van der Waals surface area contributed by atoms with Gasteiger partial charge >= 0.3 is 0 Å². The lowest BCUT2D eigenvalue weighted by Crippen LogP contribution is -2.29. The molecule has 3 aromatic rings. The number of carbonyl (C=O) groups is 2. The Morgan fingerprint density at radius 2 is 1.84 bits per heavy atom. The van der Waals surface area contributed by atoms with Crippen LogP contribution in [0.5, 0.6) is 5.75 Å². The second kappa shape index (κ2) is 8.63. The minimum atomic E-state index is -0.840. The molecule has 0 bridgehead atoms. The van der Waals surface area contributed by atoms with E-state index in [2.05, 4.69) is 4.98 Å². The van der Waals surface area contributed by atoms with E-state index < -0.39 is 23.5 Å². The topological polar surface area (TPSA) is 79.7 Å². The third kappa shape index (κ3) is 3.73. The van der Waals surface area contributed by atoms with Gasteiger partial charge in [-0.1, -0.05) is 18.2 Å². The molecular weight excluding hydrogens is 411 g/mol. The molecule has 162 valence electrons. The zero-order valence-corrected chi connectivity index (χ0v) is 17.6. The van der Waals surface area contributed by atoms with Gasteiger partial charge in [0, 0.05) is 23.5 Å². The molecule has 2 aromatic carbocycles. The fourth-order valence-corrected chi connectivity index (χ4v) is 3.90. The number of likely N-dealkylation sites (tertiary alicyclic amines) is 1. The number of benzene rings is 2. The van der Waals surface area contributed by atoms with E-state index in [4.69, 9.17) is 4.74 Å². The molecular formula is C25H21FN2O4. The highest BCUT2D eigenvalue weighted by atomic mass is 19.1. The van der Waals surface area contributed by atoms with Crippen LogP contribution in [0, 0.1) is 12.7 Å². The van der Waals surface area contributed by atoms with Gasteiger partial charge in [0.15, 0.2) is 0 Å². The SMILES string of the molecule is COc1ccccc1CN1C(=O)C(=O)/C(=C(\O)c2ccc(F)c(C)c2)C1c1ccncc1. The number of pyridine rings is 1. The maximum absolute atomic E-state index is 13.7. The summed E-state index contributed by atoms with van der Waals surface area (Å²) in [4.78, 5) is 31.6. The zero-order valence-electron chi connectivity index (χ0n) is 17.6. The molecule has 1 fully saturated rings. The molecule has 1 atom stereocenters. The first kappa shape index (κ1) is 21.2. The minimum Gasteiger partial charge on any atom is -0.507 e. The van der Waals surface area contributed by atoms with Crippen LogP contribution in [0.15, 0.2) is 72.6 Å². The Morgan fingerprint density at radius 3 is 2.53 bits per heavy atom. The van der Waals surface area contributed by atoms with Crippen molar-refractivity contribution in [2.75, 3.05) is 7.11 Å². The summed E-state index contributed by atoms with van der Waals surface area (Å²) in [5.74, 6) is -1.74. The lowest BCUT2D eigenvalue weighted by atomic mass is 9.95. The van der Waals surface area contributed by atoms with Crippen LogP contribution in [0.1, 0.15) is 28.3 Å². The van der Waals surface area contributed by atoms with Crippen LogP contribution in [0.3, 0.4) is 0 Å². The number of ether oxygens (including phenoxy) is 1. The van der Waals surface area contributed by atoms with E-state index in [1.807, 2.05) is 18.2 Å². The van der Waals surface area contributed by atoms with Gasteiger partial charge in [-0.15, -0.1) is 0 Å². The Kier molecular flexibility index (Phi) is 5.73. The molecule has 1 unspecified atom stereocenters. The van der Waals surface area contributed by atoms with Crippen molar-refractivity contribution in [2.45, 2.75) is 19.5 Å². The van der Waals surface area contributed by atoms with Crippen LogP contribution >= 0.6 is 0 Å². The molecule has 1 saturated heterocycles. The monoisotopic (exact) mass is 432 g/mol. The van der Waals surface area contributed by atoms with Crippen LogP contribution in [-0.4, -0.2) is 33.8 Å². The van der Waals surface area contributed by atoms with Gasteiger partial charge < -0.3 is 14.7 Å². The molecule has 1 aliphatic heterocycles. The summed E-state index contributed by atoms with van der Waals surface area (Å²) in [6, 6.07) is 13.8. The number of halogens is 1. The average Bonchev–Trinajstić information content (AvgIpc) is 3.06. The smallest absolute Gasteiger partial charge is 0.295 e. The summed E-state index contributed by atoms with van der Waals surface area (Å²) in [6.45, 7) is 1.66. The molecule has 0 radical (unpaired) electrons. The molecule has 6 nitrogen and oxygen atoms in total. The zero-order chi connectivity index (χ0) is 22.8. The Balaban J connectivity index is 1.87. The highest BCUT2D eigenvalue weighted by molar-refractivity contribution is 6.46. The molecule has 1 aromatic heterocycles. The second-order valence-electron chi connectivity index (χ2n) is 7.48. The van der Waals surface area contributed by atoms with E-state index in [-0.39, 0.29) is 23.4 Å². The number of rotatable bonds is 5. The summed E-state index contributed by atoms with van der Waals surface area (Å²) in [5, 5.41) is 11.1. The number of hydrogen-bond donors (Lipinski definition) is 1. The van der Waals surface area contributed by atoms with Crippen molar-refractivity contribution >= 4 is 17.4 Å². The number of nitrogens with zero attached hydrogens (tertiary/aromatic N) is 2. The Labute approximate surface area is 184 Å². The predicted octanol–water partition coefficient (Wildman–Crippen LogP) is 4.16. The highest BCUT2D eigenvalue weighted by Gasteiger charge is 2.46. The number of aliphatic hydroxyl groups is 1. The number of amides is 1. The molecule has 0 spiro atoms. The molecule has 2 heterocycles. The van der Waals surface area contributed by atoms with Crippen molar-refractivity contribution in [3.8, 4) is 5.75 Å². The van der Waals surface area contributed by atoms with Gasteiger partial charge in [-0.3, -0.25) is 14.6 Å². The molecule has 1 aliphatic rings. The third-order valence-electron chi connectivity index (χ3n) is 5.53. The van der Waals surface area contributed by atoms with Gasteiger partial charge in [0.25, 0.3) is 11.7 Å². The van der Waals surface area contributed by atoms with E-state index in [0.717, 1.165) is 0 Å². The molecule has 0 saturated carbocycles. The van der Waals surface area contributed by atoms with Gasteiger partial charge in [0.2, 0.25) is 0 Å². The molecule has 1 amide bonds. The number of ketones is 1. The lowest BCUT2D eigenvalue weighted by Gasteiger charge is -2.26. The second-order valence-corrected chi connectivity index (χ2v) is 7.48. The van der Waals surface area contributed by atoms with Crippen LogP contribution in [0.2, 0.25) is 0 Å². The lowest BCUT2D eigenvalue weighted by molar-refractivity contribution is -0.140. The number of methoxy groups -OCH3 is 1. The van der Waals surface area contributed by atoms with Crippen molar-refractivity contribution in [1.82, 2.24) is 9.88 Å².